The second kappa shape index (κ2) is 12.9. The average molecular weight is 673 g/mol. The first-order chi connectivity index (χ1) is 22.7. The smallest absolute Gasteiger partial charge is 0.244 e. The summed E-state index contributed by atoms with van der Waals surface area (Å²) in [4.78, 5) is 29.0. The standard InChI is InChI=1S/C18H17NO5.C17H15NO5.2CH4/c1-19-13-5-3-2-4-11(13)18(10-20,17(19)22)12-8-15-16(9-14(12)21)24-7-6-23-15;1-18-12-5-3-2-4-10(12)17(8-19,16(18)21)11-6-14-15(7-13(11)20)23-9-22-14;;/h2-5,8-9,20-21H,6-7,10H2,1H3;2-7,19-20H,8-9H2,1H3;2*1H4/t18-;17-;;/m00../s1. The number of rotatable bonds is 4. The number of ether oxygens (including phenoxy) is 4. The second-order valence-corrected chi connectivity index (χ2v) is 11.6. The van der Waals surface area contributed by atoms with E-state index in [-0.39, 0.29) is 45.0 Å². The molecule has 0 unspecified atom stereocenters. The number of hydrogen-bond donors (Lipinski definition) is 4. The summed E-state index contributed by atoms with van der Waals surface area (Å²) in [6.07, 6.45) is 0. The van der Waals surface area contributed by atoms with Crippen molar-refractivity contribution in [2.24, 2.45) is 0 Å². The Morgan fingerprint density at radius 3 is 1.39 bits per heavy atom. The summed E-state index contributed by atoms with van der Waals surface area (Å²) < 4.78 is 21.6. The Hall–Kier alpha value is -5.46. The van der Waals surface area contributed by atoms with Crippen molar-refractivity contribution in [2.75, 3.05) is 57.1 Å². The Balaban J connectivity index is 0.000000184. The van der Waals surface area contributed by atoms with E-state index in [4.69, 9.17) is 18.9 Å². The van der Waals surface area contributed by atoms with Gasteiger partial charge in [-0.3, -0.25) is 9.59 Å². The predicted molar refractivity (Wildman–Crippen MR) is 182 cm³/mol. The molecule has 2 amide bonds. The Labute approximate surface area is 284 Å². The molecule has 4 aromatic rings. The zero-order chi connectivity index (χ0) is 33.1. The maximum absolute atomic E-state index is 13.0. The zero-order valence-electron chi connectivity index (χ0n) is 25.6. The second-order valence-electron chi connectivity index (χ2n) is 11.6. The van der Waals surface area contributed by atoms with Crippen molar-refractivity contribution in [3.05, 3.63) is 95.1 Å². The molecule has 0 aromatic heterocycles. The molecule has 12 nitrogen and oxygen atoms in total. The maximum atomic E-state index is 13.0. The molecule has 8 rings (SSSR count). The number of aliphatic hydroxyl groups is 2. The van der Waals surface area contributed by atoms with Crippen molar-refractivity contribution in [3.63, 3.8) is 0 Å². The van der Waals surface area contributed by atoms with Crippen LogP contribution >= 0.6 is 0 Å². The molecule has 4 N–H and O–H groups in total. The number of hydrogen-bond acceptors (Lipinski definition) is 10. The molecule has 0 bridgehead atoms. The van der Waals surface area contributed by atoms with Crippen molar-refractivity contribution in [3.8, 4) is 34.5 Å². The lowest BCUT2D eigenvalue weighted by atomic mass is 9.75. The summed E-state index contributed by atoms with van der Waals surface area (Å²) >= 11 is 0. The minimum atomic E-state index is -1.36. The van der Waals surface area contributed by atoms with Crippen molar-refractivity contribution in [1.82, 2.24) is 0 Å². The molecule has 2 atom stereocenters. The molecule has 0 fully saturated rings. The van der Waals surface area contributed by atoms with Gasteiger partial charge < -0.3 is 49.2 Å². The number of amides is 2. The number of aliphatic hydroxyl groups excluding tert-OH is 2. The van der Waals surface area contributed by atoms with E-state index in [2.05, 4.69) is 0 Å². The van der Waals surface area contributed by atoms with Gasteiger partial charge in [0.15, 0.2) is 23.0 Å². The lowest BCUT2D eigenvalue weighted by molar-refractivity contribution is -0.123. The summed E-state index contributed by atoms with van der Waals surface area (Å²) in [5.41, 5.74) is 0.662. The minimum Gasteiger partial charge on any atom is -0.507 e. The highest BCUT2D eigenvalue weighted by molar-refractivity contribution is 6.11. The number of anilines is 2. The van der Waals surface area contributed by atoms with E-state index >= 15 is 0 Å². The fourth-order valence-corrected chi connectivity index (χ4v) is 6.97. The molecule has 4 heterocycles. The molecule has 0 spiro atoms. The van der Waals surface area contributed by atoms with Crippen LogP contribution in [0.25, 0.3) is 0 Å². The molecule has 0 saturated carbocycles. The van der Waals surface area contributed by atoms with Crippen LogP contribution in [0.5, 0.6) is 34.5 Å². The number of phenolic OH excluding ortho intramolecular Hbond substituents is 2. The van der Waals surface area contributed by atoms with E-state index in [1.54, 1.807) is 44.4 Å². The minimum absolute atomic E-state index is 0. The predicted octanol–water partition coefficient (Wildman–Crippen LogP) is 4.07. The number of carbonyl (C=O) groups is 2. The molecule has 0 saturated heterocycles. The van der Waals surface area contributed by atoms with Crippen LogP contribution in [0.1, 0.15) is 37.1 Å². The highest BCUT2D eigenvalue weighted by Gasteiger charge is 2.53. The van der Waals surface area contributed by atoms with E-state index < -0.39 is 24.0 Å². The third kappa shape index (κ3) is 4.89. The van der Waals surface area contributed by atoms with E-state index in [1.807, 2.05) is 30.3 Å². The van der Waals surface area contributed by atoms with E-state index in [9.17, 15) is 30.0 Å². The third-order valence-electron chi connectivity index (χ3n) is 9.34. The molecule has 258 valence electrons. The van der Waals surface area contributed by atoms with Crippen LogP contribution in [0.4, 0.5) is 11.4 Å². The molecule has 4 aliphatic rings. The quantitative estimate of drug-likeness (QED) is 0.249. The lowest BCUT2D eigenvalue weighted by Gasteiger charge is -2.29. The SMILES string of the molecule is C.C.CN1C(=O)[C@](CO)(c2cc3c(cc2O)OCCO3)c2ccccc21.CN1C(=O)[C@](CO)(c2cc3c(cc2O)OCO3)c2ccccc21. The summed E-state index contributed by atoms with van der Waals surface area (Å²) in [5, 5.41) is 41.3. The number of nitrogens with zero attached hydrogens (tertiary/aromatic N) is 2. The number of benzene rings is 4. The molecule has 12 heteroatoms. The summed E-state index contributed by atoms with van der Waals surface area (Å²) in [6, 6.07) is 20.5. The Bertz CT molecular complexity index is 1930. The Kier molecular flexibility index (Phi) is 9.15. The lowest BCUT2D eigenvalue weighted by Crippen LogP contribution is -2.42. The van der Waals surface area contributed by atoms with Crippen LogP contribution in [0.3, 0.4) is 0 Å². The first-order valence-corrected chi connectivity index (χ1v) is 14.9. The van der Waals surface area contributed by atoms with Crippen molar-refractivity contribution < 1.29 is 49.0 Å². The molecule has 49 heavy (non-hydrogen) atoms. The van der Waals surface area contributed by atoms with Crippen molar-refractivity contribution in [1.29, 1.82) is 0 Å². The Morgan fingerprint density at radius 1 is 0.592 bits per heavy atom. The van der Waals surface area contributed by atoms with Crippen LogP contribution in [0.15, 0.2) is 72.8 Å². The third-order valence-corrected chi connectivity index (χ3v) is 9.34. The molecule has 4 aromatic carbocycles. The highest BCUT2D eigenvalue weighted by Crippen LogP contribution is 2.52. The molecular weight excluding hydrogens is 632 g/mol. The normalized spacial score (nSPS) is 20.8. The van der Waals surface area contributed by atoms with Gasteiger partial charge in [0.1, 0.15) is 35.5 Å². The number of carbonyl (C=O) groups excluding carboxylic acids is 2. The monoisotopic (exact) mass is 672 g/mol. The number of aromatic hydroxyl groups is 2. The van der Waals surface area contributed by atoms with Gasteiger partial charge in [-0.1, -0.05) is 51.3 Å². The fourth-order valence-electron chi connectivity index (χ4n) is 6.97. The highest BCUT2D eigenvalue weighted by atomic mass is 16.7. The number of para-hydroxylation sites is 2. The molecular formula is C37H40N2O10. The average Bonchev–Trinajstić information content (AvgIpc) is 3.71. The summed E-state index contributed by atoms with van der Waals surface area (Å²) in [7, 11) is 3.32. The molecule has 4 aliphatic heterocycles. The van der Waals surface area contributed by atoms with Gasteiger partial charge in [0, 0.05) is 48.7 Å². The number of likely N-dealkylation sites (N-methyl/N-ethyl adjacent to an activating group) is 2. The van der Waals surface area contributed by atoms with Crippen LogP contribution in [0, 0.1) is 0 Å². The van der Waals surface area contributed by atoms with Crippen LogP contribution in [0.2, 0.25) is 0 Å². The van der Waals surface area contributed by atoms with Gasteiger partial charge >= 0.3 is 0 Å². The number of fused-ring (bicyclic) bond motifs is 4. The largest absolute Gasteiger partial charge is 0.507 e. The van der Waals surface area contributed by atoms with Gasteiger partial charge in [0.05, 0.1) is 13.2 Å². The molecule has 0 aliphatic carbocycles. The van der Waals surface area contributed by atoms with Crippen LogP contribution < -0.4 is 28.7 Å². The van der Waals surface area contributed by atoms with E-state index in [0.717, 1.165) is 0 Å². The first-order valence-electron chi connectivity index (χ1n) is 14.9. The van der Waals surface area contributed by atoms with Gasteiger partial charge in [0.25, 0.3) is 0 Å². The summed E-state index contributed by atoms with van der Waals surface area (Å²) in [5.74, 6) is 0.961. The van der Waals surface area contributed by atoms with Crippen molar-refractivity contribution in [2.45, 2.75) is 25.7 Å². The van der Waals surface area contributed by atoms with Gasteiger partial charge in [0.2, 0.25) is 18.6 Å². The van der Waals surface area contributed by atoms with Gasteiger partial charge in [-0.2, -0.15) is 0 Å². The summed E-state index contributed by atoms with van der Waals surface area (Å²) in [6.45, 7) is -0.0508. The first kappa shape index (κ1) is 34.9. The van der Waals surface area contributed by atoms with Gasteiger partial charge in [-0.15, -0.1) is 0 Å². The van der Waals surface area contributed by atoms with Crippen LogP contribution in [-0.2, 0) is 20.4 Å². The molecule has 0 radical (unpaired) electrons. The van der Waals surface area contributed by atoms with E-state index in [1.165, 1.54) is 21.9 Å². The van der Waals surface area contributed by atoms with E-state index in [0.29, 0.717) is 69.8 Å². The van der Waals surface area contributed by atoms with Crippen LogP contribution in [-0.4, -0.2) is 79.6 Å². The van der Waals surface area contributed by atoms with Crippen molar-refractivity contribution >= 4 is 23.2 Å². The Morgan fingerprint density at radius 2 is 0.959 bits per heavy atom. The van der Waals surface area contributed by atoms with Gasteiger partial charge in [-0.05, 0) is 35.4 Å². The topological polar surface area (TPSA) is 158 Å². The maximum Gasteiger partial charge on any atom is 0.244 e. The zero-order valence-corrected chi connectivity index (χ0v) is 25.6. The number of phenols is 2. The van der Waals surface area contributed by atoms with Gasteiger partial charge in [-0.25, -0.2) is 0 Å². The fraction of sp³-hybridized carbons (Fsp3) is 0.297.